The van der Waals surface area contributed by atoms with Crippen molar-refractivity contribution in [3.63, 3.8) is 0 Å². The minimum atomic E-state index is -0.216. The van der Waals surface area contributed by atoms with Gasteiger partial charge in [0.05, 0.1) is 0 Å². The van der Waals surface area contributed by atoms with Gasteiger partial charge >= 0.3 is 0 Å². The van der Waals surface area contributed by atoms with Crippen LogP contribution in [0, 0.1) is 76.4 Å². The molecular formula is C24H30. The second-order valence-electron chi connectivity index (χ2n) is 10.9. The molecule has 0 heterocycles. The van der Waals surface area contributed by atoms with Crippen molar-refractivity contribution in [3.8, 4) is 24.7 Å². The average Bonchev–Trinajstić information content (AvgIpc) is 2.54. The molecule has 0 aromatic carbocycles. The van der Waals surface area contributed by atoms with Gasteiger partial charge in [0.2, 0.25) is 0 Å². The van der Waals surface area contributed by atoms with Gasteiger partial charge in [0.15, 0.2) is 0 Å². The molecule has 2 unspecified atom stereocenters. The Hall–Kier alpha value is -0.880. The predicted molar refractivity (Wildman–Crippen MR) is 96.7 cm³/mol. The SMILES string of the molecule is C#CC1(C#C)C2CC3CC(C2)CC1(C12CC4CC(CC(C4)C1)C2)C3. The third-order valence-corrected chi connectivity index (χ3v) is 10.1. The van der Waals surface area contributed by atoms with Crippen LogP contribution in [0.1, 0.15) is 70.6 Å². The summed E-state index contributed by atoms with van der Waals surface area (Å²) in [5.41, 5.74) is 0.594. The highest BCUT2D eigenvalue weighted by Gasteiger charge is 2.73. The minimum Gasteiger partial charge on any atom is -0.118 e. The van der Waals surface area contributed by atoms with E-state index in [1.54, 1.807) is 0 Å². The van der Waals surface area contributed by atoms with Crippen LogP contribution in [-0.4, -0.2) is 0 Å². The van der Waals surface area contributed by atoms with Crippen molar-refractivity contribution in [2.24, 2.45) is 51.8 Å². The molecule has 0 nitrogen and oxygen atoms in total. The summed E-state index contributed by atoms with van der Waals surface area (Å²) in [5, 5.41) is 0. The van der Waals surface area contributed by atoms with Gasteiger partial charge in [-0.1, -0.05) is 11.8 Å². The molecule has 24 heavy (non-hydrogen) atoms. The fourth-order valence-corrected chi connectivity index (χ4v) is 10.1. The molecule has 8 rings (SSSR count). The molecule has 0 N–H and O–H groups in total. The number of rotatable bonds is 1. The molecule has 8 saturated carbocycles. The van der Waals surface area contributed by atoms with Crippen LogP contribution in [0.25, 0.3) is 0 Å². The van der Waals surface area contributed by atoms with E-state index in [4.69, 9.17) is 12.8 Å². The first-order valence-electron chi connectivity index (χ1n) is 10.6. The topological polar surface area (TPSA) is 0 Å². The Bertz CT molecular complexity index is 604. The van der Waals surface area contributed by atoms with Crippen LogP contribution in [0.2, 0.25) is 0 Å². The summed E-state index contributed by atoms with van der Waals surface area (Å²) in [6.45, 7) is 0. The van der Waals surface area contributed by atoms with Crippen molar-refractivity contribution in [3.05, 3.63) is 0 Å². The average molecular weight is 319 g/mol. The lowest BCUT2D eigenvalue weighted by Crippen LogP contribution is -2.68. The van der Waals surface area contributed by atoms with Crippen LogP contribution < -0.4 is 0 Å². The molecule has 0 heteroatoms. The monoisotopic (exact) mass is 318 g/mol. The molecule has 0 amide bonds. The van der Waals surface area contributed by atoms with E-state index in [1.165, 1.54) is 70.6 Å². The molecule has 2 atom stereocenters. The predicted octanol–water partition coefficient (Wildman–Crippen LogP) is 5.28. The Morgan fingerprint density at radius 1 is 0.583 bits per heavy atom. The van der Waals surface area contributed by atoms with Crippen molar-refractivity contribution < 1.29 is 0 Å². The van der Waals surface area contributed by atoms with Crippen molar-refractivity contribution in [1.82, 2.24) is 0 Å². The zero-order valence-electron chi connectivity index (χ0n) is 14.9. The van der Waals surface area contributed by atoms with Crippen molar-refractivity contribution in [1.29, 1.82) is 0 Å². The molecule has 126 valence electrons. The minimum absolute atomic E-state index is 0.216. The highest BCUT2D eigenvalue weighted by Crippen LogP contribution is 2.79. The van der Waals surface area contributed by atoms with Gasteiger partial charge in [0.1, 0.15) is 5.41 Å². The fourth-order valence-electron chi connectivity index (χ4n) is 10.1. The zero-order valence-corrected chi connectivity index (χ0v) is 14.9. The van der Waals surface area contributed by atoms with Gasteiger partial charge in [-0.3, -0.25) is 0 Å². The largest absolute Gasteiger partial charge is 0.118 e. The number of hydrogen-bond acceptors (Lipinski definition) is 0. The molecule has 0 aliphatic heterocycles. The lowest BCUT2D eigenvalue weighted by Gasteiger charge is -2.74. The molecule has 0 aromatic rings. The highest BCUT2D eigenvalue weighted by atomic mass is 14.8. The summed E-state index contributed by atoms with van der Waals surface area (Å²) in [4.78, 5) is 0. The number of hydrogen-bond donors (Lipinski definition) is 0. The van der Waals surface area contributed by atoms with Crippen molar-refractivity contribution in [2.75, 3.05) is 0 Å². The molecule has 0 spiro atoms. The van der Waals surface area contributed by atoms with Gasteiger partial charge in [-0.25, -0.2) is 0 Å². The molecule has 0 aromatic heterocycles. The van der Waals surface area contributed by atoms with Gasteiger partial charge in [0, 0.05) is 5.41 Å². The van der Waals surface area contributed by atoms with Gasteiger partial charge in [-0.05, 0) is 112 Å². The van der Waals surface area contributed by atoms with Crippen molar-refractivity contribution >= 4 is 0 Å². The van der Waals surface area contributed by atoms with Crippen LogP contribution in [-0.2, 0) is 0 Å². The van der Waals surface area contributed by atoms with Crippen LogP contribution in [0.4, 0.5) is 0 Å². The fraction of sp³-hybridized carbons (Fsp3) is 0.833. The molecule has 8 aliphatic rings. The van der Waals surface area contributed by atoms with Crippen LogP contribution in [0.5, 0.6) is 0 Å². The van der Waals surface area contributed by atoms with E-state index in [2.05, 4.69) is 11.8 Å². The van der Waals surface area contributed by atoms with Gasteiger partial charge < -0.3 is 0 Å². The van der Waals surface area contributed by atoms with E-state index in [9.17, 15) is 0 Å². The maximum Gasteiger partial charge on any atom is 0.100 e. The molecule has 0 radical (unpaired) electrons. The molecule has 0 saturated heterocycles. The van der Waals surface area contributed by atoms with E-state index in [1.807, 2.05) is 0 Å². The number of terminal acetylenes is 2. The Balaban J connectivity index is 1.55. The van der Waals surface area contributed by atoms with Crippen LogP contribution >= 0.6 is 0 Å². The second kappa shape index (κ2) is 4.26. The Morgan fingerprint density at radius 3 is 1.42 bits per heavy atom. The lowest BCUT2D eigenvalue weighted by molar-refractivity contribution is -0.238. The highest BCUT2D eigenvalue weighted by molar-refractivity contribution is 5.37. The normalized spacial score (nSPS) is 58.4. The second-order valence-corrected chi connectivity index (χ2v) is 10.9. The van der Waals surface area contributed by atoms with Gasteiger partial charge in [-0.15, -0.1) is 12.8 Å². The third-order valence-electron chi connectivity index (χ3n) is 10.1. The van der Waals surface area contributed by atoms with Crippen LogP contribution in [0.3, 0.4) is 0 Å². The molecular weight excluding hydrogens is 288 g/mol. The van der Waals surface area contributed by atoms with E-state index in [0.717, 1.165) is 29.6 Å². The van der Waals surface area contributed by atoms with E-state index < -0.39 is 0 Å². The lowest BCUT2D eigenvalue weighted by atomic mass is 9.29. The molecule has 8 bridgehead atoms. The summed E-state index contributed by atoms with van der Waals surface area (Å²) >= 11 is 0. The quantitative estimate of drug-likeness (QED) is 0.577. The molecule has 8 fully saturated rings. The van der Waals surface area contributed by atoms with E-state index >= 15 is 0 Å². The molecule has 8 aliphatic carbocycles. The van der Waals surface area contributed by atoms with E-state index in [0.29, 0.717) is 16.7 Å². The Morgan fingerprint density at radius 2 is 1.00 bits per heavy atom. The van der Waals surface area contributed by atoms with Gasteiger partial charge in [-0.2, -0.15) is 0 Å². The first-order valence-corrected chi connectivity index (χ1v) is 10.6. The summed E-state index contributed by atoms with van der Waals surface area (Å²) in [6.07, 6.45) is 28.5. The summed E-state index contributed by atoms with van der Waals surface area (Å²) in [7, 11) is 0. The first kappa shape index (κ1) is 14.3. The maximum atomic E-state index is 6.31. The van der Waals surface area contributed by atoms with Gasteiger partial charge in [0.25, 0.3) is 0 Å². The summed E-state index contributed by atoms with van der Waals surface area (Å²) in [6, 6.07) is 0. The first-order chi connectivity index (χ1) is 11.6. The Labute approximate surface area is 147 Å². The summed E-state index contributed by atoms with van der Waals surface area (Å²) in [5.74, 6) is 12.2. The van der Waals surface area contributed by atoms with Crippen molar-refractivity contribution in [2.45, 2.75) is 70.6 Å². The summed E-state index contributed by atoms with van der Waals surface area (Å²) < 4.78 is 0. The zero-order chi connectivity index (χ0) is 16.2. The maximum absolute atomic E-state index is 6.31. The van der Waals surface area contributed by atoms with Crippen LogP contribution in [0.15, 0.2) is 0 Å². The smallest absolute Gasteiger partial charge is 0.100 e. The van der Waals surface area contributed by atoms with E-state index in [-0.39, 0.29) is 5.41 Å². The Kier molecular flexibility index (Phi) is 2.54. The standard InChI is InChI=1S/C24H30/c1-3-23(4-2)21-9-19-8-20(10-21)15-24(23,14-19)22-11-16-5-17(12-22)7-18(6-16)13-22/h1-2,16-21H,5-15H2. The third kappa shape index (κ3) is 1.40.